The maximum atomic E-state index is 12.8. The first-order valence-electron chi connectivity index (χ1n) is 10.3. The molecular weight excluding hydrogens is 440 g/mol. The lowest BCUT2D eigenvalue weighted by Gasteiger charge is -2.13. The molecule has 0 aliphatic rings. The number of ether oxygens (including phenoxy) is 1. The molecule has 3 aromatic carbocycles. The van der Waals surface area contributed by atoms with E-state index in [4.69, 9.17) is 4.74 Å². The summed E-state index contributed by atoms with van der Waals surface area (Å²) in [4.78, 5) is 23.8. The maximum absolute atomic E-state index is 12.8. The summed E-state index contributed by atoms with van der Waals surface area (Å²) in [5.74, 6) is -0.101. The van der Waals surface area contributed by atoms with Gasteiger partial charge in [0.05, 0.1) is 4.90 Å². The van der Waals surface area contributed by atoms with Gasteiger partial charge in [0.2, 0.25) is 0 Å². The normalized spacial score (nSPS) is 11.0. The Bertz CT molecular complexity index is 1320. The zero-order chi connectivity index (χ0) is 24.2. The molecule has 0 radical (unpaired) electrons. The van der Waals surface area contributed by atoms with Gasteiger partial charge in [-0.2, -0.15) is 0 Å². The van der Waals surface area contributed by atoms with Gasteiger partial charge in [-0.25, -0.2) is 8.42 Å². The number of hydrogen-bond donors (Lipinski definition) is 2. The fourth-order valence-corrected chi connectivity index (χ4v) is 4.26. The Morgan fingerprint density at radius 3 is 2.27 bits per heavy atom. The Morgan fingerprint density at radius 2 is 1.61 bits per heavy atom. The average Bonchev–Trinajstić information content (AvgIpc) is 2.75. The highest BCUT2D eigenvalue weighted by molar-refractivity contribution is 7.92. The van der Waals surface area contributed by atoms with E-state index in [1.165, 1.54) is 25.1 Å². The number of amides is 1. The topological polar surface area (TPSA) is 102 Å². The lowest BCUT2D eigenvalue weighted by atomic mass is 10.1. The van der Waals surface area contributed by atoms with Crippen LogP contribution in [0.25, 0.3) is 0 Å². The lowest BCUT2D eigenvalue weighted by Crippen LogP contribution is -2.20. The molecule has 1 amide bonds. The third-order valence-corrected chi connectivity index (χ3v) is 6.51. The van der Waals surface area contributed by atoms with E-state index in [1.807, 2.05) is 19.9 Å². The van der Waals surface area contributed by atoms with Gasteiger partial charge in [-0.3, -0.25) is 14.3 Å². The molecule has 0 aliphatic carbocycles. The summed E-state index contributed by atoms with van der Waals surface area (Å²) in [6.07, 6.45) is 0. The molecule has 0 saturated carbocycles. The van der Waals surface area contributed by atoms with Crippen molar-refractivity contribution in [2.75, 3.05) is 16.6 Å². The lowest BCUT2D eigenvalue weighted by molar-refractivity contribution is -0.118. The van der Waals surface area contributed by atoms with Gasteiger partial charge in [0.1, 0.15) is 5.75 Å². The van der Waals surface area contributed by atoms with Crippen LogP contribution in [0.4, 0.5) is 11.4 Å². The minimum absolute atomic E-state index is 0.0936. The molecule has 0 heterocycles. The van der Waals surface area contributed by atoms with Gasteiger partial charge in [0, 0.05) is 16.9 Å². The Labute approximate surface area is 193 Å². The SMILES string of the molecule is CC(=O)c1cccc(NC(=O)COc2ccc(S(=O)(=O)Nc3ccc(C)c(C)c3)cc2C)c1. The van der Waals surface area contributed by atoms with Gasteiger partial charge in [-0.15, -0.1) is 0 Å². The predicted molar refractivity (Wildman–Crippen MR) is 128 cm³/mol. The van der Waals surface area contributed by atoms with E-state index in [0.29, 0.717) is 28.3 Å². The first kappa shape index (κ1) is 24.0. The minimum atomic E-state index is -3.78. The number of benzene rings is 3. The summed E-state index contributed by atoms with van der Waals surface area (Å²) >= 11 is 0. The third kappa shape index (κ3) is 6.20. The van der Waals surface area contributed by atoms with Gasteiger partial charge in [-0.05, 0) is 86.8 Å². The van der Waals surface area contributed by atoms with Crippen molar-refractivity contribution >= 4 is 33.1 Å². The number of Topliss-reactive ketones (excluding diaryl/α,β-unsaturated/α-hetero) is 1. The van der Waals surface area contributed by atoms with Crippen LogP contribution in [0.1, 0.15) is 34.0 Å². The summed E-state index contributed by atoms with van der Waals surface area (Å²) in [5, 5.41) is 2.68. The second-order valence-electron chi connectivity index (χ2n) is 7.81. The molecule has 172 valence electrons. The van der Waals surface area contributed by atoms with E-state index in [2.05, 4.69) is 10.0 Å². The fourth-order valence-electron chi connectivity index (χ4n) is 3.13. The van der Waals surface area contributed by atoms with Gasteiger partial charge < -0.3 is 10.1 Å². The Hall–Kier alpha value is -3.65. The van der Waals surface area contributed by atoms with Crippen LogP contribution in [0.3, 0.4) is 0 Å². The molecule has 0 fully saturated rings. The van der Waals surface area contributed by atoms with Crippen LogP contribution in [-0.2, 0) is 14.8 Å². The van der Waals surface area contributed by atoms with Crippen molar-refractivity contribution < 1.29 is 22.7 Å². The number of anilines is 2. The van der Waals surface area contributed by atoms with Crippen molar-refractivity contribution in [3.8, 4) is 5.75 Å². The van der Waals surface area contributed by atoms with Gasteiger partial charge in [0.15, 0.2) is 12.4 Å². The molecule has 3 rings (SSSR count). The molecule has 0 bridgehead atoms. The molecule has 0 unspecified atom stereocenters. The van der Waals surface area contributed by atoms with E-state index in [-0.39, 0.29) is 17.3 Å². The molecule has 8 heteroatoms. The van der Waals surface area contributed by atoms with Crippen LogP contribution >= 0.6 is 0 Å². The maximum Gasteiger partial charge on any atom is 0.262 e. The van der Waals surface area contributed by atoms with Crippen LogP contribution in [0.2, 0.25) is 0 Å². The number of aryl methyl sites for hydroxylation is 3. The van der Waals surface area contributed by atoms with Gasteiger partial charge >= 0.3 is 0 Å². The van der Waals surface area contributed by atoms with Crippen molar-refractivity contribution in [2.45, 2.75) is 32.6 Å². The number of carbonyl (C=O) groups excluding carboxylic acids is 2. The zero-order valence-electron chi connectivity index (χ0n) is 18.9. The number of hydrogen-bond acceptors (Lipinski definition) is 5. The zero-order valence-corrected chi connectivity index (χ0v) is 19.7. The summed E-state index contributed by atoms with van der Waals surface area (Å²) < 4.78 is 33.7. The van der Waals surface area contributed by atoms with E-state index < -0.39 is 15.9 Å². The van der Waals surface area contributed by atoms with Crippen LogP contribution in [0.15, 0.2) is 65.6 Å². The van der Waals surface area contributed by atoms with E-state index >= 15 is 0 Å². The third-order valence-electron chi connectivity index (χ3n) is 5.13. The first-order valence-corrected chi connectivity index (χ1v) is 11.8. The number of sulfonamides is 1. The van der Waals surface area contributed by atoms with Crippen molar-refractivity contribution in [3.63, 3.8) is 0 Å². The fraction of sp³-hybridized carbons (Fsp3) is 0.200. The van der Waals surface area contributed by atoms with Gasteiger partial charge in [0.25, 0.3) is 15.9 Å². The van der Waals surface area contributed by atoms with E-state index in [0.717, 1.165) is 11.1 Å². The van der Waals surface area contributed by atoms with Crippen LogP contribution in [0.5, 0.6) is 5.75 Å². The summed E-state index contributed by atoms with van der Waals surface area (Å²) in [5.41, 5.74) is 4.11. The quantitative estimate of drug-likeness (QED) is 0.471. The molecule has 0 aliphatic heterocycles. The Balaban J connectivity index is 1.65. The smallest absolute Gasteiger partial charge is 0.262 e. The standard InChI is InChI=1S/C25H26N2O5S/c1-16-8-9-22(12-17(16)2)27-33(30,31)23-10-11-24(18(3)13-23)32-15-25(29)26-21-7-5-6-20(14-21)19(4)28/h5-14,27H,15H2,1-4H3,(H,26,29). The average molecular weight is 467 g/mol. The predicted octanol–water partition coefficient (Wildman–Crippen LogP) is 4.63. The summed E-state index contributed by atoms with van der Waals surface area (Å²) in [7, 11) is -3.78. The van der Waals surface area contributed by atoms with Gasteiger partial charge in [-0.1, -0.05) is 18.2 Å². The number of rotatable bonds is 8. The molecule has 0 aromatic heterocycles. The highest BCUT2D eigenvalue weighted by Gasteiger charge is 2.16. The van der Waals surface area contributed by atoms with Crippen LogP contribution < -0.4 is 14.8 Å². The molecule has 0 atom stereocenters. The largest absolute Gasteiger partial charge is 0.483 e. The summed E-state index contributed by atoms with van der Waals surface area (Å²) in [6.45, 7) is 6.77. The monoisotopic (exact) mass is 466 g/mol. The second-order valence-corrected chi connectivity index (χ2v) is 9.49. The van der Waals surface area contributed by atoms with Crippen LogP contribution in [-0.4, -0.2) is 26.7 Å². The molecule has 33 heavy (non-hydrogen) atoms. The van der Waals surface area contributed by atoms with Crippen molar-refractivity contribution in [2.24, 2.45) is 0 Å². The van der Waals surface area contributed by atoms with Crippen molar-refractivity contribution in [3.05, 3.63) is 82.9 Å². The number of nitrogens with one attached hydrogen (secondary N) is 2. The van der Waals surface area contributed by atoms with E-state index in [1.54, 1.807) is 43.3 Å². The highest BCUT2D eigenvalue weighted by atomic mass is 32.2. The van der Waals surface area contributed by atoms with Crippen molar-refractivity contribution in [1.82, 2.24) is 0 Å². The Kier molecular flexibility index (Phi) is 7.18. The molecule has 0 saturated heterocycles. The molecule has 3 aromatic rings. The molecule has 0 spiro atoms. The van der Waals surface area contributed by atoms with E-state index in [9.17, 15) is 18.0 Å². The molecule has 2 N–H and O–H groups in total. The summed E-state index contributed by atoms with van der Waals surface area (Å²) in [6, 6.07) is 16.4. The number of ketones is 1. The first-order chi connectivity index (χ1) is 15.5. The van der Waals surface area contributed by atoms with Crippen molar-refractivity contribution in [1.29, 1.82) is 0 Å². The highest BCUT2D eigenvalue weighted by Crippen LogP contribution is 2.24. The van der Waals surface area contributed by atoms with Crippen LogP contribution in [0, 0.1) is 20.8 Å². The minimum Gasteiger partial charge on any atom is -0.483 e. The molecule has 7 nitrogen and oxygen atoms in total. The Morgan fingerprint density at radius 1 is 0.848 bits per heavy atom. The number of carbonyl (C=O) groups is 2. The molecular formula is C25H26N2O5S. The second kappa shape index (κ2) is 9.87.